The minimum absolute atomic E-state index is 0.165. The Morgan fingerprint density at radius 1 is 1.21 bits per heavy atom. The van der Waals surface area contributed by atoms with Crippen LogP contribution in [0.25, 0.3) is 0 Å². The Bertz CT molecular complexity index is 949. The number of aromatic nitrogens is 3. The fourth-order valence-electron chi connectivity index (χ4n) is 2.41. The van der Waals surface area contributed by atoms with Crippen molar-refractivity contribution < 1.29 is 27.5 Å². The van der Waals surface area contributed by atoms with Gasteiger partial charge >= 0.3 is 12.1 Å². The predicted molar refractivity (Wildman–Crippen MR) is 102 cm³/mol. The van der Waals surface area contributed by atoms with Gasteiger partial charge in [-0.1, -0.05) is 17.7 Å². The molecule has 0 spiro atoms. The predicted octanol–water partition coefficient (Wildman–Crippen LogP) is 1.75. The number of carbonyl (C=O) groups is 2. The average molecular weight is 424 g/mol. The zero-order chi connectivity index (χ0) is 21.8. The lowest BCUT2D eigenvalue weighted by molar-refractivity contribution is -0.145. The standard InChI is InChI=1S/C18H24N4O6S/c1-13-6-8-14(9-7-13)29(25,26)22(17(24)28-18(2,3)4)15(16(23)27-5)10-21-12-19-11-20-21/h6-9,11-12,15H,10H2,1-5H3/t15-/m0/s1. The highest BCUT2D eigenvalue weighted by Crippen LogP contribution is 2.23. The van der Waals surface area contributed by atoms with Crippen LogP contribution in [0.4, 0.5) is 4.79 Å². The molecule has 2 rings (SSSR count). The Kier molecular flexibility index (Phi) is 6.62. The average Bonchev–Trinajstić information content (AvgIpc) is 3.12. The number of amides is 1. The van der Waals surface area contributed by atoms with Crippen molar-refractivity contribution in [3.8, 4) is 0 Å². The number of esters is 1. The number of carbonyl (C=O) groups excluding carboxylic acids is 2. The Hall–Kier alpha value is -2.95. The lowest BCUT2D eigenvalue weighted by atomic mass is 10.2. The second kappa shape index (κ2) is 8.60. The van der Waals surface area contributed by atoms with Gasteiger partial charge in [-0.3, -0.25) is 4.68 Å². The number of ether oxygens (including phenoxy) is 2. The smallest absolute Gasteiger partial charge is 0.425 e. The number of aryl methyl sites for hydroxylation is 1. The SMILES string of the molecule is COC(=O)[C@H](Cn1cncn1)N(C(=O)OC(C)(C)C)S(=O)(=O)c1ccc(C)cc1. The lowest BCUT2D eigenvalue weighted by Crippen LogP contribution is -2.52. The third kappa shape index (κ3) is 5.53. The first-order valence-corrected chi connectivity index (χ1v) is 10.1. The Balaban J connectivity index is 2.58. The number of sulfonamides is 1. The van der Waals surface area contributed by atoms with Crippen LogP contribution in [-0.4, -0.2) is 58.3 Å². The third-order valence-electron chi connectivity index (χ3n) is 3.73. The highest BCUT2D eigenvalue weighted by molar-refractivity contribution is 7.89. The fraction of sp³-hybridized carbons (Fsp3) is 0.444. The monoisotopic (exact) mass is 424 g/mol. The maximum absolute atomic E-state index is 13.3. The molecule has 2 aromatic rings. The van der Waals surface area contributed by atoms with E-state index in [1.54, 1.807) is 39.8 Å². The van der Waals surface area contributed by atoms with Gasteiger partial charge in [0.05, 0.1) is 18.6 Å². The molecule has 0 bridgehead atoms. The minimum atomic E-state index is -4.45. The molecule has 0 fully saturated rings. The summed E-state index contributed by atoms with van der Waals surface area (Å²) in [6, 6.07) is 4.33. The van der Waals surface area contributed by atoms with E-state index in [9.17, 15) is 18.0 Å². The van der Waals surface area contributed by atoms with Crippen LogP contribution in [0.2, 0.25) is 0 Å². The van der Waals surface area contributed by atoms with Gasteiger partial charge < -0.3 is 9.47 Å². The first-order valence-electron chi connectivity index (χ1n) is 8.70. The molecule has 1 aromatic heterocycles. The van der Waals surface area contributed by atoms with Crippen molar-refractivity contribution in [1.29, 1.82) is 0 Å². The van der Waals surface area contributed by atoms with E-state index in [4.69, 9.17) is 9.47 Å². The maximum atomic E-state index is 13.3. The van der Waals surface area contributed by atoms with Crippen molar-refractivity contribution >= 4 is 22.1 Å². The Labute approximate surface area is 169 Å². The number of methoxy groups -OCH3 is 1. The van der Waals surface area contributed by atoms with Gasteiger partial charge in [0.25, 0.3) is 10.0 Å². The van der Waals surface area contributed by atoms with Gasteiger partial charge in [-0.25, -0.2) is 23.0 Å². The number of hydrogen-bond acceptors (Lipinski definition) is 8. The molecular formula is C18H24N4O6S. The van der Waals surface area contributed by atoms with Crippen LogP contribution >= 0.6 is 0 Å². The van der Waals surface area contributed by atoms with Crippen LogP contribution in [0.1, 0.15) is 26.3 Å². The van der Waals surface area contributed by atoms with Crippen molar-refractivity contribution in [3.63, 3.8) is 0 Å². The number of rotatable bonds is 6. The fourth-order valence-corrected chi connectivity index (χ4v) is 3.84. The summed E-state index contributed by atoms with van der Waals surface area (Å²) in [6.45, 7) is 6.27. The van der Waals surface area contributed by atoms with E-state index >= 15 is 0 Å². The number of nitrogens with zero attached hydrogens (tertiary/aromatic N) is 4. The summed E-state index contributed by atoms with van der Waals surface area (Å²) in [5, 5.41) is 3.88. The van der Waals surface area contributed by atoms with Crippen LogP contribution < -0.4 is 0 Å². The molecule has 0 aliphatic heterocycles. The highest BCUT2D eigenvalue weighted by atomic mass is 32.2. The lowest BCUT2D eigenvalue weighted by Gasteiger charge is -2.31. The molecular weight excluding hydrogens is 400 g/mol. The zero-order valence-corrected chi connectivity index (χ0v) is 17.7. The third-order valence-corrected chi connectivity index (χ3v) is 5.52. The van der Waals surface area contributed by atoms with Crippen molar-refractivity contribution in [1.82, 2.24) is 19.1 Å². The topological polar surface area (TPSA) is 121 Å². The molecule has 0 aliphatic rings. The molecule has 11 heteroatoms. The van der Waals surface area contributed by atoms with Crippen LogP contribution in [0.5, 0.6) is 0 Å². The molecule has 29 heavy (non-hydrogen) atoms. The van der Waals surface area contributed by atoms with E-state index in [1.165, 1.54) is 29.5 Å². The molecule has 158 valence electrons. The first-order chi connectivity index (χ1) is 13.5. The first kappa shape index (κ1) is 22.3. The van der Waals surface area contributed by atoms with Gasteiger partial charge in [-0.15, -0.1) is 0 Å². The van der Waals surface area contributed by atoms with Gasteiger partial charge in [-0.05, 0) is 39.8 Å². The van der Waals surface area contributed by atoms with Crippen molar-refractivity contribution in [2.45, 2.75) is 50.8 Å². The van der Waals surface area contributed by atoms with E-state index in [0.717, 1.165) is 12.7 Å². The second-order valence-electron chi connectivity index (χ2n) is 7.25. The summed E-state index contributed by atoms with van der Waals surface area (Å²) < 4.78 is 38.3. The molecule has 0 aliphatic carbocycles. The number of benzene rings is 1. The molecule has 0 saturated carbocycles. The van der Waals surface area contributed by atoms with E-state index in [-0.39, 0.29) is 11.4 Å². The second-order valence-corrected chi connectivity index (χ2v) is 9.07. The molecule has 0 radical (unpaired) electrons. The Morgan fingerprint density at radius 3 is 2.31 bits per heavy atom. The molecule has 0 N–H and O–H groups in total. The molecule has 0 saturated heterocycles. The quantitative estimate of drug-likeness (QED) is 0.643. The van der Waals surface area contributed by atoms with E-state index < -0.39 is 33.7 Å². The largest absolute Gasteiger partial charge is 0.467 e. The Morgan fingerprint density at radius 2 is 1.83 bits per heavy atom. The molecule has 1 aromatic carbocycles. The van der Waals surface area contributed by atoms with Crippen molar-refractivity contribution in [2.24, 2.45) is 0 Å². The summed E-state index contributed by atoms with van der Waals surface area (Å²) >= 11 is 0. The summed E-state index contributed by atoms with van der Waals surface area (Å²) in [6.07, 6.45) is 1.32. The normalized spacial score (nSPS) is 12.9. The van der Waals surface area contributed by atoms with E-state index in [2.05, 4.69) is 10.1 Å². The van der Waals surface area contributed by atoms with Crippen LogP contribution in [0, 0.1) is 6.92 Å². The summed E-state index contributed by atoms with van der Waals surface area (Å²) in [7, 11) is -3.35. The minimum Gasteiger partial charge on any atom is -0.467 e. The van der Waals surface area contributed by atoms with Gasteiger partial charge in [0.2, 0.25) is 0 Å². The summed E-state index contributed by atoms with van der Waals surface area (Å²) in [4.78, 5) is 29.0. The van der Waals surface area contributed by atoms with Crippen LogP contribution in [-0.2, 0) is 30.8 Å². The summed E-state index contributed by atoms with van der Waals surface area (Å²) in [5.41, 5.74) is -0.161. The molecule has 1 amide bonds. The highest BCUT2D eigenvalue weighted by Gasteiger charge is 2.43. The van der Waals surface area contributed by atoms with Gasteiger partial charge in [0.15, 0.2) is 6.04 Å². The van der Waals surface area contributed by atoms with Crippen molar-refractivity contribution in [3.05, 3.63) is 42.5 Å². The van der Waals surface area contributed by atoms with E-state index in [0.29, 0.717) is 4.31 Å². The number of hydrogen-bond donors (Lipinski definition) is 0. The zero-order valence-electron chi connectivity index (χ0n) is 16.9. The van der Waals surface area contributed by atoms with Gasteiger partial charge in [0.1, 0.15) is 18.3 Å². The van der Waals surface area contributed by atoms with Gasteiger partial charge in [0, 0.05) is 0 Å². The molecule has 0 unspecified atom stereocenters. The molecule has 1 heterocycles. The molecule has 10 nitrogen and oxygen atoms in total. The molecule has 1 atom stereocenters. The van der Waals surface area contributed by atoms with Crippen molar-refractivity contribution in [2.75, 3.05) is 7.11 Å². The van der Waals surface area contributed by atoms with Gasteiger partial charge in [-0.2, -0.15) is 9.40 Å². The van der Waals surface area contributed by atoms with Crippen LogP contribution in [0.3, 0.4) is 0 Å². The summed E-state index contributed by atoms with van der Waals surface area (Å²) in [5.74, 6) is -0.943. The van der Waals surface area contributed by atoms with Crippen LogP contribution in [0.15, 0.2) is 41.8 Å². The maximum Gasteiger partial charge on any atom is 0.425 e. The van der Waals surface area contributed by atoms with E-state index in [1.807, 2.05) is 0 Å².